The summed E-state index contributed by atoms with van der Waals surface area (Å²) in [5, 5.41) is 13.0. The summed E-state index contributed by atoms with van der Waals surface area (Å²) in [5.41, 5.74) is 0.314. The molecule has 21 heavy (non-hydrogen) atoms. The van der Waals surface area contributed by atoms with Gasteiger partial charge in [0.05, 0.1) is 5.92 Å². The molecule has 0 aromatic carbocycles. The third kappa shape index (κ3) is 2.36. The summed E-state index contributed by atoms with van der Waals surface area (Å²) < 4.78 is 31.7. The van der Waals surface area contributed by atoms with Crippen LogP contribution >= 0.6 is 0 Å². The normalized spacial score (nSPS) is 27.1. The van der Waals surface area contributed by atoms with Crippen molar-refractivity contribution in [3.8, 4) is 0 Å². The summed E-state index contributed by atoms with van der Waals surface area (Å²) in [6, 6.07) is 0. The fourth-order valence-electron chi connectivity index (χ4n) is 3.22. The van der Waals surface area contributed by atoms with Crippen LogP contribution in [0, 0.1) is 31.6 Å². The summed E-state index contributed by atoms with van der Waals surface area (Å²) in [6.45, 7) is 3.43. The standard InChI is InChI=1S/C13H18N2O5S/c1-7-12(8(2)20-14-7)21(18,19)15-5-10(9-3-4-9)11(6-15)13(16)17/h9-11H,3-6H2,1-2H3,(H,16,17)/t10-,11+/m0/s1. The number of nitrogens with zero attached hydrogens (tertiary/aromatic N) is 2. The Morgan fingerprint density at radius 3 is 2.48 bits per heavy atom. The van der Waals surface area contributed by atoms with E-state index in [-0.39, 0.29) is 29.7 Å². The number of aryl methyl sites for hydroxylation is 2. The van der Waals surface area contributed by atoms with Gasteiger partial charge in [0.2, 0.25) is 10.0 Å². The Balaban J connectivity index is 1.92. The largest absolute Gasteiger partial charge is 0.481 e. The van der Waals surface area contributed by atoms with E-state index < -0.39 is 21.9 Å². The van der Waals surface area contributed by atoms with E-state index in [0.29, 0.717) is 11.6 Å². The average molecular weight is 314 g/mol. The summed E-state index contributed by atoms with van der Waals surface area (Å²) in [6.07, 6.45) is 1.99. The number of hydrogen-bond acceptors (Lipinski definition) is 5. The van der Waals surface area contributed by atoms with Crippen molar-refractivity contribution < 1.29 is 22.8 Å². The van der Waals surface area contributed by atoms with Crippen molar-refractivity contribution in [1.82, 2.24) is 9.46 Å². The number of hydrogen-bond donors (Lipinski definition) is 1. The van der Waals surface area contributed by atoms with Gasteiger partial charge >= 0.3 is 5.97 Å². The number of carbonyl (C=O) groups is 1. The van der Waals surface area contributed by atoms with Gasteiger partial charge in [0.25, 0.3) is 0 Å². The number of carboxylic acid groups (broad SMARTS) is 1. The number of aromatic nitrogens is 1. The van der Waals surface area contributed by atoms with Crippen molar-refractivity contribution in [2.24, 2.45) is 17.8 Å². The molecule has 116 valence electrons. The zero-order valence-electron chi connectivity index (χ0n) is 11.9. The molecule has 1 aromatic heterocycles. The molecule has 2 fully saturated rings. The Labute approximate surface area is 123 Å². The van der Waals surface area contributed by atoms with Crippen LogP contribution in [0.1, 0.15) is 24.3 Å². The number of rotatable bonds is 4. The lowest BCUT2D eigenvalue weighted by Crippen LogP contribution is -2.30. The second-order valence-corrected chi connectivity index (χ2v) is 7.80. The SMILES string of the molecule is Cc1noc(C)c1S(=O)(=O)N1C[C@@H](C(=O)O)[C@H](C2CC2)C1. The minimum atomic E-state index is -3.75. The van der Waals surface area contributed by atoms with Crippen LogP contribution in [-0.2, 0) is 14.8 Å². The summed E-state index contributed by atoms with van der Waals surface area (Å²) in [5.74, 6) is -1.03. The maximum atomic E-state index is 12.7. The topological polar surface area (TPSA) is 101 Å². The molecule has 1 saturated heterocycles. The molecule has 1 saturated carbocycles. The molecular formula is C13H18N2O5S. The molecule has 1 aliphatic heterocycles. The minimum Gasteiger partial charge on any atom is -0.481 e. The monoisotopic (exact) mass is 314 g/mol. The van der Waals surface area contributed by atoms with Crippen LogP contribution in [0.2, 0.25) is 0 Å². The Morgan fingerprint density at radius 1 is 1.33 bits per heavy atom. The van der Waals surface area contributed by atoms with Crippen LogP contribution in [0.15, 0.2) is 9.42 Å². The van der Waals surface area contributed by atoms with Crippen LogP contribution < -0.4 is 0 Å². The van der Waals surface area contributed by atoms with Crippen LogP contribution in [0.4, 0.5) is 0 Å². The van der Waals surface area contributed by atoms with E-state index in [0.717, 1.165) is 12.8 Å². The number of aliphatic carboxylic acids is 1. The van der Waals surface area contributed by atoms with Gasteiger partial charge in [-0.1, -0.05) is 5.16 Å². The van der Waals surface area contributed by atoms with Crippen molar-refractivity contribution in [3.63, 3.8) is 0 Å². The van der Waals surface area contributed by atoms with Gasteiger partial charge in [-0.25, -0.2) is 8.42 Å². The first-order valence-corrected chi connectivity index (χ1v) is 8.42. The average Bonchev–Trinajstić information content (AvgIpc) is 3.03. The van der Waals surface area contributed by atoms with Gasteiger partial charge in [0.15, 0.2) is 5.76 Å². The highest BCUT2D eigenvalue weighted by molar-refractivity contribution is 7.89. The Kier molecular flexibility index (Phi) is 3.32. The molecule has 2 aliphatic rings. The maximum Gasteiger partial charge on any atom is 0.308 e. The van der Waals surface area contributed by atoms with E-state index in [1.165, 1.54) is 4.31 Å². The zero-order chi connectivity index (χ0) is 15.4. The molecule has 0 spiro atoms. The quantitative estimate of drug-likeness (QED) is 0.890. The second-order valence-electron chi connectivity index (χ2n) is 5.92. The van der Waals surface area contributed by atoms with Gasteiger partial charge in [-0.2, -0.15) is 4.31 Å². The Morgan fingerprint density at radius 2 is 2.00 bits per heavy atom. The summed E-state index contributed by atoms with van der Waals surface area (Å²) in [7, 11) is -3.75. The smallest absolute Gasteiger partial charge is 0.308 e. The van der Waals surface area contributed by atoms with E-state index in [2.05, 4.69) is 5.16 Å². The van der Waals surface area contributed by atoms with E-state index in [1.54, 1.807) is 13.8 Å². The highest BCUT2D eigenvalue weighted by Gasteiger charge is 2.49. The minimum absolute atomic E-state index is 0.0306. The van der Waals surface area contributed by atoms with E-state index in [9.17, 15) is 18.3 Å². The van der Waals surface area contributed by atoms with Crippen LogP contribution in [-0.4, -0.2) is 42.0 Å². The fourth-order valence-corrected chi connectivity index (χ4v) is 5.02. The van der Waals surface area contributed by atoms with Crippen molar-refractivity contribution in [2.45, 2.75) is 31.6 Å². The predicted molar refractivity (Wildman–Crippen MR) is 72.1 cm³/mol. The molecule has 0 amide bonds. The first kappa shape index (κ1) is 14.5. The van der Waals surface area contributed by atoms with Crippen LogP contribution in [0.5, 0.6) is 0 Å². The second kappa shape index (κ2) is 4.81. The molecular weight excluding hydrogens is 296 g/mol. The lowest BCUT2D eigenvalue weighted by Gasteiger charge is -2.15. The van der Waals surface area contributed by atoms with Crippen molar-refractivity contribution in [3.05, 3.63) is 11.5 Å². The third-order valence-corrected chi connectivity index (χ3v) is 6.52. The van der Waals surface area contributed by atoms with Gasteiger partial charge in [-0.05, 0) is 38.5 Å². The van der Waals surface area contributed by atoms with Crippen molar-refractivity contribution >= 4 is 16.0 Å². The maximum absolute atomic E-state index is 12.7. The number of sulfonamides is 1. The van der Waals surface area contributed by atoms with Gasteiger partial charge in [-0.3, -0.25) is 4.79 Å². The molecule has 0 unspecified atom stereocenters. The van der Waals surface area contributed by atoms with Crippen molar-refractivity contribution in [1.29, 1.82) is 0 Å². The number of carboxylic acids is 1. The predicted octanol–water partition coefficient (Wildman–Crippen LogP) is 1.02. The van der Waals surface area contributed by atoms with E-state index in [1.807, 2.05) is 0 Å². The molecule has 0 radical (unpaired) electrons. The summed E-state index contributed by atoms with van der Waals surface area (Å²) in [4.78, 5) is 11.5. The van der Waals surface area contributed by atoms with E-state index in [4.69, 9.17) is 4.52 Å². The summed E-state index contributed by atoms with van der Waals surface area (Å²) >= 11 is 0. The van der Waals surface area contributed by atoms with Gasteiger partial charge in [-0.15, -0.1) is 0 Å². The Bertz CT molecular complexity index is 657. The van der Waals surface area contributed by atoms with Gasteiger partial charge in [0, 0.05) is 13.1 Å². The lowest BCUT2D eigenvalue weighted by molar-refractivity contribution is -0.142. The lowest BCUT2D eigenvalue weighted by atomic mass is 9.92. The molecule has 3 rings (SSSR count). The molecule has 2 heterocycles. The van der Waals surface area contributed by atoms with Gasteiger partial charge < -0.3 is 9.63 Å². The Hall–Kier alpha value is -1.41. The molecule has 0 bridgehead atoms. The highest BCUT2D eigenvalue weighted by Crippen LogP contribution is 2.45. The third-order valence-electron chi connectivity index (χ3n) is 4.44. The zero-order valence-corrected chi connectivity index (χ0v) is 12.8. The highest BCUT2D eigenvalue weighted by atomic mass is 32.2. The molecule has 2 atom stereocenters. The van der Waals surface area contributed by atoms with Crippen molar-refractivity contribution in [2.75, 3.05) is 13.1 Å². The first-order valence-electron chi connectivity index (χ1n) is 6.98. The first-order chi connectivity index (χ1) is 9.82. The molecule has 7 nitrogen and oxygen atoms in total. The van der Waals surface area contributed by atoms with E-state index >= 15 is 0 Å². The molecule has 1 aliphatic carbocycles. The van der Waals surface area contributed by atoms with Crippen LogP contribution in [0.25, 0.3) is 0 Å². The van der Waals surface area contributed by atoms with Gasteiger partial charge in [0.1, 0.15) is 10.6 Å². The molecule has 1 aromatic rings. The fraction of sp³-hybridized carbons (Fsp3) is 0.692. The molecule has 8 heteroatoms. The van der Waals surface area contributed by atoms with Crippen LogP contribution in [0.3, 0.4) is 0 Å². The molecule has 1 N–H and O–H groups in total.